The number of rotatable bonds is 18. The van der Waals surface area contributed by atoms with Gasteiger partial charge < -0.3 is 30.2 Å². The predicted molar refractivity (Wildman–Crippen MR) is 192 cm³/mol. The molecule has 1 aliphatic rings. The lowest BCUT2D eigenvalue weighted by Gasteiger charge is -2.42. The number of nitriles is 1. The number of carbonyl (C=O) groups excluding carboxylic acids is 2. The zero-order valence-electron chi connectivity index (χ0n) is 32.4. The number of nitrogens with two attached hydrogens (primary N) is 1. The SMILES string of the molecule is CCC(CC)COC(=O)[C@H](C)NP(=O)(OCOC(=O)C(C)(C)C)OC[C@@H]1O[C@@](C#N)(c2ccc3c(N)ncnn23)[C@@H](C(C)(C)C(=O)O)[C@@H]1C(C)(C)C(=O)O. The molecule has 1 saturated heterocycles. The topological polar surface area (TPSA) is 264 Å². The summed E-state index contributed by atoms with van der Waals surface area (Å²) in [5.41, 5.74) is -0.460. The number of aliphatic carboxylic acids is 2. The van der Waals surface area contributed by atoms with E-state index in [2.05, 4.69) is 21.2 Å². The Hall–Kier alpha value is -4.14. The van der Waals surface area contributed by atoms with Gasteiger partial charge in [0.25, 0.3) is 0 Å². The third-order valence-electron chi connectivity index (χ3n) is 10.0. The number of carboxylic acids is 2. The van der Waals surface area contributed by atoms with Crippen molar-refractivity contribution in [2.45, 2.75) is 99.8 Å². The predicted octanol–water partition coefficient (Wildman–Crippen LogP) is 4.53. The first-order chi connectivity index (χ1) is 24.9. The van der Waals surface area contributed by atoms with Crippen molar-refractivity contribution in [3.63, 3.8) is 0 Å². The Labute approximate surface area is 314 Å². The van der Waals surface area contributed by atoms with Gasteiger partial charge in [-0.15, -0.1) is 0 Å². The highest BCUT2D eigenvalue weighted by molar-refractivity contribution is 7.51. The maximum Gasteiger partial charge on any atom is 0.409 e. The van der Waals surface area contributed by atoms with E-state index in [1.54, 1.807) is 20.8 Å². The molecule has 2 aromatic rings. The van der Waals surface area contributed by atoms with Crippen molar-refractivity contribution in [1.29, 1.82) is 5.26 Å². The number of carboxylic acid groups (broad SMARTS) is 2. The summed E-state index contributed by atoms with van der Waals surface area (Å²) in [6, 6.07) is 3.80. The molecule has 0 radical (unpaired) electrons. The Morgan fingerprint density at radius 1 is 1.06 bits per heavy atom. The lowest BCUT2D eigenvalue weighted by atomic mass is 9.57. The second-order valence-electron chi connectivity index (χ2n) is 15.6. The molecule has 1 fully saturated rings. The second-order valence-corrected chi connectivity index (χ2v) is 17.4. The van der Waals surface area contributed by atoms with Crippen molar-refractivity contribution in [2.75, 3.05) is 25.7 Å². The van der Waals surface area contributed by atoms with Gasteiger partial charge in [-0.25, -0.2) is 19.2 Å². The van der Waals surface area contributed by atoms with Crippen molar-refractivity contribution in [3.8, 4) is 6.07 Å². The van der Waals surface area contributed by atoms with Crippen LogP contribution in [-0.4, -0.2) is 80.8 Å². The highest BCUT2D eigenvalue weighted by Gasteiger charge is 2.68. The van der Waals surface area contributed by atoms with Gasteiger partial charge >= 0.3 is 31.6 Å². The van der Waals surface area contributed by atoms with Crippen LogP contribution in [0, 0.1) is 45.3 Å². The lowest BCUT2D eigenvalue weighted by molar-refractivity contribution is -0.161. The van der Waals surface area contributed by atoms with Crippen LogP contribution in [0.3, 0.4) is 0 Å². The summed E-state index contributed by atoms with van der Waals surface area (Å²) in [6.45, 7) is 13.9. The van der Waals surface area contributed by atoms with Crippen LogP contribution < -0.4 is 10.8 Å². The summed E-state index contributed by atoms with van der Waals surface area (Å²) in [5.74, 6) is -6.82. The Bertz CT molecular complexity index is 1800. The fourth-order valence-corrected chi connectivity index (χ4v) is 7.84. The van der Waals surface area contributed by atoms with Crippen molar-refractivity contribution in [2.24, 2.45) is 34.0 Å². The van der Waals surface area contributed by atoms with Crippen LogP contribution in [0.1, 0.15) is 87.8 Å². The summed E-state index contributed by atoms with van der Waals surface area (Å²) in [4.78, 5) is 55.4. The fourth-order valence-electron chi connectivity index (χ4n) is 6.50. The minimum absolute atomic E-state index is 0.0302. The zero-order chi connectivity index (χ0) is 41.0. The Balaban J connectivity index is 2.14. The first-order valence-electron chi connectivity index (χ1n) is 17.6. The summed E-state index contributed by atoms with van der Waals surface area (Å²) in [7, 11) is -4.69. The van der Waals surface area contributed by atoms with Crippen LogP contribution in [0.25, 0.3) is 5.52 Å². The summed E-state index contributed by atoms with van der Waals surface area (Å²) in [6.07, 6.45) is 1.18. The van der Waals surface area contributed by atoms with Crippen LogP contribution >= 0.6 is 7.75 Å². The van der Waals surface area contributed by atoms with E-state index in [1.165, 1.54) is 51.3 Å². The highest BCUT2D eigenvalue weighted by atomic mass is 31.2. The molecule has 19 heteroatoms. The molecule has 2 aromatic heterocycles. The molecule has 0 saturated carbocycles. The van der Waals surface area contributed by atoms with E-state index in [9.17, 15) is 39.2 Å². The molecule has 0 amide bonds. The number of carbonyl (C=O) groups is 4. The molecule has 3 heterocycles. The van der Waals surface area contributed by atoms with Crippen LogP contribution in [0.4, 0.5) is 5.82 Å². The van der Waals surface area contributed by atoms with Gasteiger partial charge in [-0.1, -0.05) is 26.7 Å². The fraction of sp³-hybridized carbons (Fsp3) is 0.686. The maximum absolute atomic E-state index is 14.4. The maximum atomic E-state index is 14.4. The van der Waals surface area contributed by atoms with Gasteiger partial charge in [-0.05, 0) is 73.4 Å². The molecule has 18 nitrogen and oxygen atoms in total. The van der Waals surface area contributed by atoms with Crippen LogP contribution in [0.5, 0.6) is 0 Å². The third kappa shape index (κ3) is 9.03. The van der Waals surface area contributed by atoms with E-state index in [-0.39, 0.29) is 29.6 Å². The number of fused-ring (bicyclic) bond motifs is 1. The van der Waals surface area contributed by atoms with Gasteiger partial charge in [0.1, 0.15) is 24.0 Å². The van der Waals surface area contributed by atoms with E-state index in [4.69, 9.17) is 29.0 Å². The minimum atomic E-state index is -4.69. The van der Waals surface area contributed by atoms with Gasteiger partial charge in [0.05, 0.1) is 41.3 Å². The first-order valence-corrected chi connectivity index (χ1v) is 19.1. The number of hydrogen-bond acceptors (Lipinski definition) is 14. The quantitative estimate of drug-likeness (QED) is 0.0919. The molecule has 3 rings (SSSR count). The van der Waals surface area contributed by atoms with Gasteiger partial charge in [-0.3, -0.25) is 28.2 Å². The molecule has 0 bridgehead atoms. The molecule has 1 unspecified atom stereocenters. The first kappa shape index (κ1) is 44.3. The minimum Gasteiger partial charge on any atom is -0.481 e. The number of anilines is 1. The van der Waals surface area contributed by atoms with E-state index in [0.29, 0.717) is 0 Å². The second kappa shape index (κ2) is 16.7. The van der Waals surface area contributed by atoms with E-state index >= 15 is 0 Å². The zero-order valence-corrected chi connectivity index (χ0v) is 33.3. The molecular weight excluding hydrogens is 727 g/mol. The summed E-state index contributed by atoms with van der Waals surface area (Å²) < 4.78 is 44.1. The molecule has 0 aromatic carbocycles. The average molecular weight is 781 g/mol. The number of nitrogen functional groups attached to an aromatic ring is 1. The molecule has 54 heavy (non-hydrogen) atoms. The molecule has 6 atom stereocenters. The number of nitrogens with one attached hydrogen (secondary N) is 1. The Morgan fingerprint density at radius 3 is 2.20 bits per heavy atom. The molecule has 5 N–H and O–H groups in total. The molecule has 0 spiro atoms. The standard InChI is InChI=1S/C35H53N6O12P/c1-11-21(12-2)15-49-28(42)20(3)40-54(48,52-19-50-31(47)32(4,5)6)51-16-23-25(33(7,8)29(43)44)26(34(9,10)30(45)46)35(17-36,53-23)24-14-13-22-27(37)38-18-39-41(22)24/h13-14,18,20-21,23,25-26H,11-12,15-16,19H2,1-10H3,(H,40,48)(H,43,44)(H,45,46)(H2,37,38,39)/t20-,23-,25+,26+,35-,54?/m0/s1. The normalized spacial score (nSPS) is 22.4. The van der Waals surface area contributed by atoms with E-state index < -0.39 is 90.9 Å². The monoisotopic (exact) mass is 780 g/mol. The van der Waals surface area contributed by atoms with Crippen LogP contribution in [0.2, 0.25) is 0 Å². The molecule has 1 aliphatic heterocycles. The van der Waals surface area contributed by atoms with Gasteiger partial charge in [0.15, 0.2) is 5.82 Å². The highest BCUT2D eigenvalue weighted by Crippen LogP contribution is 2.60. The Morgan fingerprint density at radius 2 is 1.67 bits per heavy atom. The third-order valence-corrected chi connectivity index (χ3v) is 11.7. The summed E-state index contributed by atoms with van der Waals surface area (Å²) >= 11 is 0. The molecule has 300 valence electrons. The van der Waals surface area contributed by atoms with Crippen LogP contribution in [-0.2, 0) is 52.6 Å². The number of ether oxygens (including phenoxy) is 3. The van der Waals surface area contributed by atoms with Gasteiger partial charge in [0, 0.05) is 11.8 Å². The number of nitrogens with zero attached hydrogens (tertiary/aromatic N) is 4. The average Bonchev–Trinajstić information content (AvgIpc) is 3.69. The van der Waals surface area contributed by atoms with Crippen molar-refractivity contribution >= 4 is 43.0 Å². The number of aromatic nitrogens is 3. The van der Waals surface area contributed by atoms with E-state index in [0.717, 1.165) is 19.2 Å². The Kier molecular flexibility index (Phi) is 13.7. The van der Waals surface area contributed by atoms with Crippen molar-refractivity contribution < 1.29 is 57.2 Å². The number of hydrogen-bond donors (Lipinski definition) is 4. The largest absolute Gasteiger partial charge is 0.481 e. The number of esters is 2. The molecular formula is C35H53N6O12P. The summed E-state index contributed by atoms with van der Waals surface area (Å²) in [5, 5.41) is 38.8. The van der Waals surface area contributed by atoms with Crippen LogP contribution in [0.15, 0.2) is 18.5 Å². The lowest BCUT2D eigenvalue weighted by Crippen LogP contribution is -2.51. The smallest absolute Gasteiger partial charge is 0.409 e. The van der Waals surface area contributed by atoms with E-state index in [1.807, 2.05) is 13.8 Å². The van der Waals surface area contributed by atoms with Crippen molar-refractivity contribution in [1.82, 2.24) is 19.7 Å². The van der Waals surface area contributed by atoms with Crippen molar-refractivity contribution in [3.05, 3.63) is 24.2 Å². The van der Waals surface area contributed by atoms with Gasteiger partial charge in [-0.2, -0.15) is 10.4 Å². The molecule has 0 aliphatic carbocycles. The van der Waals surface area contributed by atoms with Gasteiger partial charge in [0.2, 0.25) is 12.4 Å².